The molecular formula is C15H18FN3O2. The molecule has 0 aliphatic heterocycles. The molecule has 112 valence electrons. The molecule has 0 radical (unpaired) electrons. The van der Waals surface area contributed by atoms with Gasteiger partial charge in [-0.05, 0) is 24.5 Å². The molecule has 0 unspecified atom stereocenters. The third kappa shape index (κ3) is 2.94. The Morgan fingerprint density at radius 1 is 1.33 bits per heavy atom. The van der Waals surface area contributed by atoms with E-state index in [0.29, 0.717) is 17.7 Å². The van der Waals surface area contributed by atoms with Crippen molar-refractivity contribution in [2.75, 3.05) is 11.9 Å². The first kappa shape index (κ1) is 15.2. The number of nitro groups is 1. The highest BCUT2D eigenvalue weighted by Gasteiger charge is 2.23. The zero-order chi connectivity index (χ0) is 15.8. The summed E-state index contributed by atoms with van der Waals surface area (Å²) >= 11 is 0. The molecule has 0 saturated carbocycles. The molecule has 0 amide bonds. The first-order valence-electron chi connectivity index (χ1n) is 6.77. The molecule has 0 aliphatic rings. The normalized spacial score (nSPS) is 11.7. The van der Waals surface area contributed by atoms with Crippen molar-refractivity contribution in [3.05, 3.63) is 39.7 Å². The second-order valence-corrected chi connectivity index (χ2v) is 5.92. The molecule has 1 heterocycles. The maximum atomic E-state index is 13.6. The van der Waals surface area contributed by atoms with E-state index in [1.165, 1.54) is 6.07 Å². The van der Waals surface area contributed by atoms with Crippen LogP contribution in [0.3, 0.4) is 0 Å². The highest BCUT2D eigenvalue weighted by molar-refractivity contribution is 5.89. The van der Waals surface area contributed by atoms with Crippen LogP contribution in [-0.4, -0.2) is 16.5 Å². The Morgan fingerprint density at radius 2 is 2.00 bits per heavy atom. The highest BCUT2D eigenvalue weighted by Crippen LogP contribution is 2.34. The van der Waals surface area contributed by atoms with Crippen LogP contribution in [0.25, 0.3) is 10.9 Å². The molecule has 0 spiro atoms. The van der Waals surface area contributed by atoms with Gasteiger partial charge in [0.25, 0.3) is 5.69 Å². The standard InChI is InChI=1S/C15H18FN3O2/c1-5-17-14-11(15(2,3)4)7-9-6-10(16)8-12(19(20)21)13(9)18-14/h6-8H,5H2,1-4H3,(H,17,18). The van der Waals surface area contributed by atoms with Crippen molar-refractivity contribution in [1.82, 2.24) is 4.98 Å². The van der Waals surface area contributed by atoms with E-state index in [-0.39, 0.29) is 16.6 Å². The van der Waals surface area contributed by atoms with Crippen LogP contribution in [-0.2, 0) is 5.41 Å². The number of anilines is 1. The minimum atomic E-state index is -0.632. The topological polar surface area (TPSA) is 68.1 Å². The Bertz CT molecular complexity index is 708. The molecule has 1 aromatic heterocycles. The average molecular weight is 291 g/mol. The van der Waals surface area contributed by atoms with Crippen LogP contribution in [0.4, 0.5) is 15.9 Å². The van der Waals surface area contributed by atoms with Gasteiger partial charge in [0.1, 0.15) is 11.6 Å². The number of nitro benzene ring substituents is 1. The largest absolute Gasteiger partial charge is 0.370 e. The predicted molar refractivity (Wildman–Crippen MR) is 81.2 cm³/mol. The van der Waals surface area contributed by atoms with Gasteiger partial charge in [-0.15, -0.1) is 0 Å². The van der Waals surface area contributed by atoms with Crippen LogP contribution in [0.15, 0.2) is 18.2 Å². The van der Waals surface area contributed by atoms with Gasteiger partial charge < -0.3 is 5.32 Å². The van der Waals surface area contributed by atoms with Gasteiger partial charge in [-0.3, -0.25) is 10.1 Å². The van der Waals surface area contributed by atoms with Gasteiger partial charge in [-0.2, -0.15) is 0 Å². The Labute approximate surface area is 122 Å². The minimum Gasteiger partial charge on any atom is -0.370 e. The average Bonchev–Trinajstić information content (AvgIpc) is 2.36. The molecule has 0 bridgehead atoms. The summed E-state index contributed by atoms with van der Waals surface area (Å²) in [5, 5.41) is 14.7. The summed E-state index contributed by atoms with van der Waals surface area (Å²) in [4.78, 5) is 14.9. The summed E-state index contributed by atoms with van der Waals surface area (Å²) in [6.07, 6.45) is 0. The van der Waals surface area contributed by atoms with Crippen LogP contribution in [0, 0.1) is 15.9 Å². The zero-order valence-corrected chi connectivity index (χ0v) is 12.5. The van der Waals surface area contributed by atoms with Gasteiger partial charge >= 0.3 is 0 Å². The molecule has 0 fully saturated rings. The Balaban J connectivity index is 2.83. The van der Waals surface area contributed by atoms with Crippen molar-refractivity contribution in [3.63, 3.8) is 0 Å². The molecule has 5 nitrogen and oxygen atoms in total. The summed E-state index contributed by atoms with van der Waals surface area (Å²) in [6, 6.07) is 3.96. The number of nitrogens with zero attached hydrogens (tertiary/aromatic N) is 2. The predicted octanol–water partition coefficient (Wildman–Crippen LogP) is 4.01. The van der Waals surface area contributed by atoms with Gasteiger partial charge in [-0.25, -0.2) is 9.37 Å². The van der Waals surface area contributed by atoms with Crippen molar-refractivity contribution in [3.8, 4) is 0 Å². The lowest BCUT2D eigenvalue weighted by Crippen LogP contribution is -2.16. The van der Waals surface area contributed by atoms with E-state index in [1.807, 2.05) is 27.7 Å². The van der Waals surface area contributed by atoms with Crippen LogP contribution in [0.1, 0.15) is 33.3 Å². The van der Waals surface area contributed by atoms with E-state index in [9.17, 15) is 14.5 Å². The van der Waals surface area contributed by atoms with Crippen LogP contribution >= 0.6 is 0 Å². The molecule has 2 aromatic rings. The third-order valence-electron chi connectivity index (χ3n) is 3.21. The summed E-state index contributed by atoms with van der Waals surface area (Å²) in [5.41, 5.74) is 0.575. The van der Waals surface area contributed by atoms with Crippen molar-refractivity contribution < 1.29 is 9.31 Å². The van der Waals surface area contributed by atoms with E-state index < -0.39 is 10.7 Å². The van der Waals surface area contributed by atoms with Crippen LogP contribution in [0.2, 0.25) is 0 Å². The first-order valence-corrected chi connectivity index (χ1v) is 6.77. The Hall–Kier alpha value is -2.24. The number of benzene rings is 1. The number of non-ortho nitro benzene ring substituents is 1. The Kier molecular flexibility index (Phi) is 3.80. The van der Waals surface area contributed by atoms with Crippen molar-refractivity contribution in [2.24, 2.45) is 0 Å². The summed E-state index contributed by atoms with van der Waals surface area (Å²) < 4.78 is 13.6. The van der Waals surface area contributed by atoms with E-state index in [2.05, 4.69) is 10.3 Å². The second kappa shape index (κ2) is 5.27. The lowest BCUT2D eigenvalue weighted by atomic mass is 9.86. The second-order valence-electron chi connectivity index (χ2n) is 5.92. The molecule has 21 heavy (non-hydrogen) atoms. The fraction of sp³-hybridized carbons (Fsp3) is 0.400. The SMILES string of the molecule is CCNc1nc2c([N+](=O)[O-])cc(F)cc2cc1C(C)(C)C. The Morgan fingerprint density at radius 3 is 2.52 bits per heavy atom. The quantitative estimate of drug-likeness (QED) is 0.685. The fourth-order valence-corrected chi connectivity index (χ4v) is 2.25. The first-order chi connectivity index (χ1) is 9.74. The maximum absolute atomic E-state index is 13.6. The number of halogens is 1. The van der Waals surface area contributed by atoms with Gasteiger partial charge in [0.15, 0.2) is 5.52 Å². The monoisotopic (exact) mass is 291 g/mol. The fourth-order valence-electron chi connectivity index (χ4n) is 2.25. The number of aromatic nitrogens is 1. The van der Waals surface area contributed by atoms with E-state index in [0.717, 1.165) is 11.6 Å². The van der Waals surface area contributed by atoms with E-state index in [1.54, 1.807) is 6.07 Å². The summed E-state index contributed by atoms with van der Waals surface area (Å²) in [6.45, 7) is 8.63. The lowest BCUT2D eigenvalue weighted by molar-refractivity contribution is -0.383. The third-order valence-corrected chi connectivity index (χ3v) is 3.21. The van der Waals surface area contributed by atoms with Gasteiger partial charge in [0.2, 0.25) is 0 Å². The van der Waals surface area contributed by atoms with E-state index >= 15 is 0 Å². The van der Waals surface area contributed by atoms with Gasteiger partial charge in [0.05, 0.1) is 11.0 Å². The van der Waals surface area contributed by atoms with Crippen molar-refractivity contribution >= 4 is 22.4 Å². The molecule has 0 atom stereocenters. The molecule has 0 saturated heterocycles. The molecule has 6 heteroatoms. The van der Waals surface area contributed by atoms with Crippen LogP contribution in [0.5, 0.6) is 0 Å². The molecular weight excluding hydrogens is 273 g/mol. The number of hydrogen-bond acceptors (Lipinski definition) is 4. The summed E-state index contributed by atoms with van der Waals surface area (Å²) in [7, 11) is 0. The number of fused-ring (bicyclic) bond motifs is 1. The molecule has 1 N–H and O–H groups in total. The van der Waals surface area contributed by atoms with Crippen molar-refractivity contribution in [2.45, 2.75) is 33.1 Å². The number of pyridine rings is 1. The molecule has 1 aromatic carbocycles. The summed E-state index contributed by atoms with van der Waals surface area (Å²) in [5.74, 6) is -0.0285. The van der Waals surface area contributed by atoms with Crippen LogP contribution < -0.4 is 5.32 Å². The minimum absolute atomic E-state index is 0.199. The number of nitrogens with one attached hydrogen (secondary N) is 1. The van der Waals surface area contributed by atoms with Gasteiger partial charge in [-0.1, -0.05) is 20.8 Å². The highest BCUT2D eigenvalue weighted by atomic mass is 19.1. The number of rotatable bonds is 3. The van der Waals surface area contributed by atoms with E-state index in [4.69, 9.17) is 0 Å². The van der Waals surface area contributed by atoms with Gasteiger partial charge in [0, 0.05) is 17.5 Å². The smallest absolute Gasteiger partial charge is 0.298 e. The van der Waals surface area contributed by atoms with Crippen molar-refractivity contribution in [1.29, 1.82) is 0 Å². The maximum Gasteiger partial charge on any atom is 0.298 e. The lowest BCUT2D eigenvalue weighted by Gasteiger charge is -2.23. The zero-order valence-electron chi connectivity index (χ0n) is 12.5. The molecule has 0 aliphatic carbocycles. The molecule has 2 rings (SSSR count). The number of hydrogen-bond donors (Lipinski definition) is 1.